The van der Waals surface area contributed by atoms with Gasteiger partial charge in [-0.05, 0) is 35.4 Å². The highest BCUT2D eigenvalue weighted by atomic mass is 35.5. The molecule has 0 saturated carbocycles. The van der Waals surface area contributed by atoms with Crippen LogP contribution in [0.3, 0.4) is 0 Å². The highest BCUT2D eigenvalue weighted by Crippen LogP contribution is 2.14. The lowest BCUT2D eigenvalue weighted by atomic mass is 10.1. The van der Waals surface area contributed by atoms with E-state index >= 15 is 0 Å². The molecule has 0 radical (unpaired) electrons. The maximum absolute atomic E-state index is 11.4. The van der Waals surface area contributed by atoms with Crippen molar-refractivity contribution in [3.8, 4) is 0 Å². The molecule has 0 fully saturated rings. The molecule has 0 bridgehead atoms. The topological polar surface area (TPSA) is 26.3 Å². The SMILES string of the molecule is COC(=O)c1cccc(C=Cc2cccc(Cl)c2)c1. The fourth-order valence-corrected chi connectivity index (χ4v) is 1.89. The van der Waals surface area contributed by atoms with Gasteiger partial charge in [-0.2, -0.15) is 0 Å². The number of hydrogen-bond donors (Lipinski definition) is 0. The van der Waals surface area contributed by atoms with Gasteiger partial charge in [-0.15, -0.1) is 0 Å². The first-order valence-electron chi connectivity index (χ1n) is 5.81. The molecule has 2 rings (SSSR count). The highest BCUT2D eigenvalue weighted by Gasteiger charge is 2.03. The maximum Gasteiger partial charge on any atom is 0.337 e. The third-order valence-corrected chi connectivity index (χ3v) is 2.86. The Kier molecular flexibility index (Phi) is 4.37. The summed E-state index contributed by atoms with van der Waals surface area (Å²) in [4.78, 5) is 11.4. The predicted molar refractivity (Wildman–Crippen MR) is 78.2 cm³/mol. The van der Waals surface area contributed by atoms with Crippen LogP contribution in [0.25, 0.3) is 12.2 Å². The van der Waals surface area contributed by atoms with Crippen molar-refractivity contribution < 1.29 is 9.53 Å². The van der Waals surface area contributed by atoms with Gasteiger partial charge in [0.2, 0.25) is 0 Å². The van der Waals surface area contributed by atoms with Crippen LogP contribution in [0.15, 0.2) is 48.5 Å². The van der Waals surface area contributed by atoms with E-state index in [0.29, 0.717) is 10.6 Å². The first-order chi connectivity index (χ1) is 9.19. The second kappa shape index (κ2) is 6.21. The monoisotopic (exact) mass is 272 g/mol. The standard InChI is InChI=1S/C16H13ClO2/c1-19-16(18)14-6-2-4-12(10-14)8-9-13-5-3-7-15(17)11-13/h2-11H,1H3. The van der Waals surface area contributed by atoms with E-state index < -0.39 is 0 Å². The largest absolute Gasteiger partial charge is 0.465 e. The number of carbonyl (C=O) groups excluding carboxylic acids is 1. The van der Waals surface area contributed by atoms with Crippen LogP contribution in [0.5, 0.6) is 0 Å². The maximum atomic E-state index is 11.4. The number of rotatable bonds is 3. The van der Waals surface area contributed by atoms with E-state index in [1.165, 1.54) is 7.11 Å². The van der Waals surface area contributed by atoms with Gasteiger partial charge in [0.1, 0.15) is 0 Å². The van der Waals surface area contributed by atoms with Gasteiger partial charge in [-0.1, -0.05) is 48.0 Å². The molecule has 0 amide bonds. The van der Waals surface area contributed by atoms with E-state index in [1.807, 2.05) is 48.6 Å². The zero-order valence-electron chi connectivity index (χ0n) is 10.5. The first-order valence-corrected chi connectivity index (χ1v) is 6.19. The summed E-state index contributed by atoms with van der Waals surface area (Å²) in [7, 11) is 1.37. The van der Waals surface area contributed by atoms with Gasteiger partial charge < -0.3 is 4.74 Å². The lowest BCUT2D eigenvalue weighted by Crippen LogP contribution is -2.00. The molecule has 0 heterocycles. The minimum Gasteiger partial charge on any atom is -0.465 e. The van der Waals surface area contributed by atoms with Crippen molar-refractivity contribution in [1.29, 1.82) is 0 Å². The number of esters is 1. The van der Waals surface area contributed by atoms with Crippen LogP contribution >= 0.6 is 11.6 Å². The van der Waals surface area contributed by atoms with E-state index in [4.69, 9.17) is 11.6 Å². The van der Waals surface area contributed by atoms with E-state index in [-0.39, 0.29) is 5.97 Å². The number of halogens is 1. The van der Waals surface area contributed by atoms with Crippen LogP contribution < -0.4 is 0 Å². The van der Waals surface area contributed by atoms with Crippen molar-refractivity contribution >= 4 is 29.7 Å². The molecule has 3 heteroatoms. The molecule has 0 aliphatic heterocycles. The molecule has 0 aromatic heterocycles. The molecule has 2 nitrogen and oxygen atoms in total. The van der Waals surface area contributed by atoms with Crippen molar-refractivity contribution in [2.75, 3.05) is 7.11 Å². The van der Waals surface area contributed by atoms with Crippen LogP contribution in [0.2, 0.25) is 5.02 Å². The Labute approximate surface area is 117 Å². The third-order valence-electron chi connectivity index (χ3n) is 2.62. The molecule has 2 aromatic carbocycles. The van der Waals surface area contributed by atoms with Crippen LogP contribution in [0, 0.1) is 0 Å². The van der Waals surface area contributed by atoms with Gasteiger partial charge in [-0.25, -0.2) is 4.79 Å². The predicted octanol–water partition coefficient (Wildman–Crippen LogP) is 4.30. The van der Waals surface area contributed by atoms with Gasteiger partial charge in [0.05, 0.1) is 12.7 Å². The van der Waals surface area contributed by atoms with Crippen molar-refractivity contribution in [3.05, 3.63) is 70.2 Å². The number of ether oxygens (including phenoxy) is 1. The molecule has 96 valence electrons. The van der Waals surface area contributed by atoms with E-state index in [9.17, 15) is 4.79 Å². The lowest BCUT2D eigenvalue weighted by molar-refractivity contribution is 0.0600. The molecule has 0 spiro atoms. The minimum atomic E-state index is -0.335. The molecule has 0 atom stereocenters. The van der Waals surface area contributed by atoms with Crippen molar-refractivity contribution in [2.45, 2.75) is 0 Å². The summed E-state index contributed by atoms with van der Waals surface area (Å²) < 4.78 is 4.69. The average Bonchev–Trinajstić information content (AvgIpc) is 2.45. The van der Waals surface area contributed by atoms with Crippen molar-refractivity contribution in [3.63, 3.8) is 0 Å². The van der Waals surface area contributed by atoms with Gasteiger partial charge in [-0.3, -0.25) is 0 Å². The Morgan fingerprint density at radius 1 is 1.05 bits per heavy atom. The zero-order chi connectivity index (χ0) is 13.7. The van der Waals surface area contributed by atoms with E-state index in [0.717, 1.165) is 11.1 Å². The number of carbonyl (C=O) groups is 1. The summed E-state index contributed by atoms with van der Waals surface area (Å²) >= 11 is 5.92. The second-order valence-corrected chi connectivity index (χ2v) is 4.44. The molecular formula is C16H13ClO2. The summed E-state index contributed by atoms with van der Waals surface area (Å²) in [5, 5.41) is 0.700. The summed E-state index contributed by atoms with van der Waals surface area (Å²) in [6.07, 6.45) is 3.88. The normalized spacial score (nSPS) is 10.6. The quantitative estimate of drug-likeness (QED) is 0.615. The lowest BCUT2D eigenvalue weighted by Gasteiger charge is -2.00. The highest BCUT2D eigenvalue weighted by molar-refractivity contribution is 6.30. The molecular weight excluding hydrogens is 260 g/mol. The third kappa shape index (κ3) is 3.70. The number of hydrogen-bond acceptors (Lipinski definition) is 2. The Balaban J connectivity index is 2.21. The molecule has 0 saturated heterocycles. The Morgan fingerprint density at radius 3 is 2.32 bits per heavy atom. The van der Waals surface area contributed by atoms with Crippen LogP contribution in [0.1, 0.15) is 21.5 Å². The molecule has 0 aliphatic rings. The fraction of sp³-hybridized carbons (Fsp3) is 0.0625. The zero-order valence-corrected chi connectivity index (χ0v) is 11.2. The summed E-state index contributed by atoms with van der Waals surface area (Å²) in [6.45, 7) is 0. The first kappa shape index (κ1) is 13.4. The second-order valence-electron chi connectivity index (χ2n) is 4.01. The van der Waals surface area contributed by atoms with Crippen LogP contribution in [-0.4, -0.2) is 13.1 Å². The Hall–Kier alpha value is -2.06. The molecule has 19 heavy (non-hydrogen) atoms. The van der Waals surface area contributed by atoms with E-state index in [1.54, 1.807) is 12.1 Å². The van der Waals surface area contributed by atoms with Crippen LogP contribution in [0.4, 0.5) is 0 Å². The Bertz CT molecular complexity index is 618. The summed E-state index contributed by atoms with van der Waals surface area (Å²) in [5.41, 5.74) is 2.48. The molecule has 0 N–H and O–H groups in total. The van der Waals surface area contributed by atoms with Gasteiger partial charge in [0.25, 0.3) is 0 Å². The number of benzene rings is 2. The fourth-order valence-electron chi connectivity index (χ4n) is 1.69. The molecule has 0 aliphatic carbocycles. The van der Waals surface area contributed by atoms with Gasteiger partial charge in [0.15, 0.2) is 0 Å². The molecule has 0 unspecified atom stereocenters. The summed E-state index contributed by atoms with van der Waals surface area (Å²) in [5.74, 6) is -0.335. The summed E-state index contributed by atoms with van der Waals surface area (Å²) in [6, 6.07) is 14.8. The Morgan fingerprint density at radius 2 is 1.68 bits per heavy atom. The average molecular weight is 273 g/mol. The van der Waals surface area contributed by atoms with Gasteiger partial charge >= 0.3 is 5.97 Å². The van der Waals surface area contributed by atoms with E-state index in [2.05, 4.69) is 4.74 Å². The minimum absolute atomic E-state index is 0.335. The van der Waals surface area contributed by atoms with Gasteiger partial charge in [0, 0.05) is 5.02 Å². The van der Waals surface area contributed by atoms with Crippen LogP contribution in [-0.2, 0) is 4.74 Å². The molecule has 2 aromatic rings. The number of methoxy groups -OCH3 is 1. The van der Waals surface area contributed by atoms with Crippen molar-refractivity contribution in [2.24, 2.45) is 0 Å². The smallest absolute Gasteiger partial charge is 0.337 e. The van der Waals surface area contributed by atoms with Crippen molar-refractivity contribution in [1.82, 2.24) is 0 Å².